The molecule has 2 rings (SSSR count). The number of ether oxygens (including phenoxy) is 1. The molecule has 2 amide bonds. The van der Waals surface area contributed by atoms with Gasteiger partial charge in [-0.05, 0) is 25.7 Å². The summed E-state index contributed by atoms with van der Waals surface area (Å²) in [5.74, 6) is -0.974. The van der Waals surface area contributed by atoms with Crippen LogP contribution in [0.25, 0.3) is 0 Å². The van der Waals surface area contributed by atoms with Crippen molar-refractivity contribution in [2.75, 3.05) is 20.2 Å². The number of allylic oxidation sites excluding steroid dienone is 1. The van der Waals surface area contributed by atoms with Gasteiger partial charge in [-0.3, -0.25) is 0 Å². The lowest BCUT2D eigenvalue weighted by Gasteiger charge is -2.21. The number of hydrogen-bond acceptors (Lipinski definition) is 3. The second-order valence-electron chi connectivity index (χ2n) is 5.34. The molecule has 20 heavy (non-hydrogen) atoms. The van der Waals surface area contributed by atoms with Gasteiger partial charge in [-0.2, -0.15) is 0 Å². The number of rotatable bonds is 5. The van der Waals surface area contributed by atoms with E-state index in [0.29, 0.717) is 19.5 Å². The van der Waals surface area contributed by atoms with Crippen LogP contribution in [0.3, 0.4) is 0 Å². The number of hydrogen-bond donors (Lipinski definition) is 2. The maximum absolute atomic E-state index is 12.1. The van der Waals surface area contributed by atoms with Gasteiger partial charge in [-0.15, -0.1) is 0 Å². The Balaban J connectivity index is 1.82. The van der Waals surface area contributed by atoms with Crippen LogP contribution in [0.2, 0.25) is 0 Å². The molecule has 0 radical (unpaired) electrons. The third-order valence-corrected chi connectivity index (χ3v) is 4.00. The molecular weight excluding hydrogens is 260 g/mol. The molecule has 6 nitrogen and oxygen atoms in total. The lowest BCUT2D eigenvalue weighted by molar-refractivity contribution is -0.141. The Morgan fingerprint density at radius 3 is 2.95 bits per heavy atom. The maximum atomic E-state index is 12.1. The van der Waals surface area contributed by atoms with Gasteiger partial charge in [-0.25, -0.2) is 9.59 Å². The maximum Gasteiger partial charge on any atom is 0.326 e. The Kier molecular flexibility index (Phi) is 5.00. The molecule has 1 heterocycles. The molecule has 1 fully saturated rings. The normalized spacial score (nSPS) is 25.6. The highest BCUT2D eigenvalue weighted by Crippen LogP contribution is 2.21. The molecule has 0 bridgehead atoms. The third-order valence-electron chi connectivity index (χ3n) is 4.00. The smallest absolute Gasteiger partial charge is 0.326 e. The number of aliphatic carboxylic acids is 1. The minimum absolute atomic E-state index is 0.195. The Hall–Kier alpha value is -1.56. The zero-order valence-corrected chi connectivity index (χ0v) is 11.8. The first-order chi connectivity index (χ1) is 9.61. The van der Waals surface area contributed by atoms with Gasteiger partial charge in [0.1, 0.15) is 6.04 Å². The molecule has 6 heteroatoms. The second-order valence-corrected chi connectivity index (χ2v) is 5.34. The molecule has 2 N–H and O–H groups in total. The van der Waals surface area contributed by atoms with Gasteiger partial charge in [0, 0.05) is 26.6 Å². The fourth-order valence-corrected chi connectivity index (χ4v) is 2.82. The van der Waals surface area contributed by atoms with Crippen LogP contribution in [0.5, 0.6) is 0 Å². The molecule has 1 aliphatic carbocycles. The molecule has 1 saturated heterocycles. The van der Waals surface area contributed by atoms with Crippen LogP contribution in [0, 0.1) is 0 Å². The van der Waals surface area contributed by atoms with Crippen LogP contribution in [-0.2, 0) is 9.53 Å². The molecule has 2 unspecified atom stereocenters. The highest BCUT2D eigenvalue weighted by atomic mass is 16.5. The fraction of sp³-hybridized carbons (Fsp3) is 0.714. The zero-order valence-electron chi connectivity index (χ0n) is 11.8. The van der Waals surface area contributed by atoms with E-state index in [4.69, 9.17) is 9.84 Å². The van der Waals surface area contributed by atoms with E-state index in [1.165, 1.54) is 24.0 Å². The summed E-state index contributed by atoms with van der Waals surface area (Å²) < 4.78 is 5.16. The molecule has 0 spiro atoms. The van der Waals surface area contributed by atoms with Crippen molar-refractivity contribution in [1.82, 2.24) is 10.2 Å². The van der Waals surface area contributed by atoms with Crippen LogP contribution < -0.4 is 5.32 Å². The average Bonchev–Trinajstić information content (AvgIpc) is 3.07. The Morgan fingerprint density at radius 2 is 2.35 bits per heavy atom. The average molecular weight is 282 g/mol. The first-order valence-electron chi connectivity index (χ1n) is 7.09. The number of carboxylic acids is 1. The summed E-state index contributed by atoms with van der Waals surface area (Å²) in [5, 5.41) is 12.0. The largest absolute Gasteiger partial charge is 0.480 e. The third kappa shape index (κ3) is 3.50. The Labute approximate surface area is 118 Å². The van der Waals surface area contributed by atoms with Gasteiger partial charge < -0.3 is 20.1 Å². The highest BCUT2D eigenvalue weighted by molar-refractivity contribution is 5.83. The standard InChI is InChI=1S/C14H22N2O4/c1-20-11-8-12(13(17)18)16(9-11)14(19)15-7-6-10-4-2-3-5-10/h4,11-12H,2-3,5-9H2,1H3,(H,15,19)(H,17,18). The lowest BCUT2D eigenvalue weighted by Crippen LogP contribution is -2.46. The summed E-state index contributed by atoms with van der Waals surface area (Å²) in [6.45, 7) is 0.896. The van der Waals surface area contributed by atoms with Crippen molar-refractivity contribution in [1.29, 1.82) is 0 Å². The molecule has 2 aliphatic rings. The van der Waals surface area contributed by atoms with Crippen molar-refractivity contribution >= 4 is 12.0 Å². The van der Waals surface area contributed by atoms with E-state index in [-0.39, 0.29) is 12.1 Å². The summed E-state index contributed by atoms with van der Waals surface area (Å²) in [6.07, 6.45) is 6.68. The summed E-state index contributed by atoms with van der Waals surface area (Å²) >= 11 is 0. The predicted molar refractivity (Wildman–Crippen MR) is 73.5 cm³/mol. The van der Waals surface area contributed by atoms with Crippen molar-refractivity contribution in [3.63, 3.8) is 0 Å². The first kappa shape index (κ1) is 14.8. The lowest BCUT2D eigenvalue weighted by atomic mass is 10.2. The number of amides is 2. The topological polar surface area (TPSA) is 78.9 Å². The van der Waals surface area contributed by atoms with E-state index in [1.54, 1.807) is 0 Å². The number of carbonyl (C=O) groups excluding carboxylic acids is 1. The molecule has 0 saturated carbocycles. The van der Waals surface area contributed by atoms with Gasteiger partial charge in [0.2, 0.25) is 0 Å². The molecule has 1 aliphatic heterocycles. The minimum atomic E-state index is -0.974. The zero-order chi connectivity index (χ0) is 14.5. The SMILES string of the molecule is COC1CC(C(=O)O)N(C(=O)NCCC2=CCCC2)C1. The van der Waals surface area contributed by atoms with E-state index in [0.717, 1.165) is 19.3 Å². The van der Waals surface area contributed by atoms with Crippen molar-refractivity contribution in [2.45, 2.75) is 44.2 Å². The monoisotopic (exact) mass is 282 g/mol. The van der Waals surface area contributed by atoms with Crippen molar-refractivity contribution < 1.29 is 19.4 Å². The van der Waals surface area contributed by atoms with E-state index in [1.807, 2.05) is 0 Å². The molecule has 112 valence electrons. The van der Waals surface area contributed by atoms with Gasteiger partial charge in [0.15, 0.2) is 0 Å². The highest BCUT2D eigenvalue weighted by Gasteiger charge is 2.39. The molecule has 2 atom stereocenters. The van der Waals surface area contributed by atoms with Crippen molar-refractivity contribution in [3.8, 4) is 0 Å². The minimum Gasteiger partial charge on any atom is -0.480 e. The fourth-order valence-electron chi connectivity index (χ4n) is 2.82. The van der Waals surface area contributed by atoms with Crippen LogP contribution in [0.1, 0.15) is 32.1 Å². The van der Waals surface area contributed by atoms with Gasteiger partial charge in [0.05, 0.1) is 6.10 Å². The molecule has 0 aromatic rings. The number of nitrogens with zero attached hydrogens (tertiary/aromatic N) is 1. The van der Waals surface area contributed by atoms with Crippen molar-refractivity contribution in [3.05, 3.63) is 11.6 Å². The molecule has 0 aromatic heterocycles. The van der Waals surface area contributed by atoms with E-state index in [2.05, 4.69) is 11.4 Å². The summed E-state index contributed by atoms with van der Waals surface area (Å²) in [7, 11) is 1.54. The van der Waals surface area contributed by atoms with Gasteiger partial charge in [-0.1, -0.05) is 11.6 Å². The first-order valence-corrected chi connectivity index (χ1v) is 7.09. The van der Waals surface area contributed by atoms with E-state index < -0.39 is 12.0 Å². The van der Waals surface area contributed by atoms with Crippen LogP contribution in [0.4, 0.5) is 4.79 Å². The number of likely N-dealkylation sites (tertiary alicyclic amines) is 1. The predicted octanol–water partition coefficient (Wildman–Crippen LogP) is 1.37. The number of carbonyl (C=O) groups is 2. The van der Waals surface area contributed by atoms with Gasteiger partial charge >= 0.3 is 12.0 Å². The Bertz CT molecular complexity index is 408. The van der Waals surface area contributed by atoms with Crippen molar-refractivity contribution in [2.24, 2.45) is 0 Å². The summed E-state index contributed by atoms with van der Waals surface area (Å²) in [4.78, 5) is 24.6. The number of carboxylic acid groups (broad SMARTS) is 1. The van der Waals surface area contributed by atoms with E-state index >= 15 is 0 Å². The van der Waals surface area contributed by atoms with Crippen LogP contribution in [0.15, 0.2) is 11.6 Å². The van der Waals surface area contributed by atoms with E-state index in [9.17, 15) is 9.59 Å². The number of urea groups is 1. The van der Waals surface area contributed by atoms with Crippen LogP contribution in [-0.4, -0.2) is 54.4 Å². The number of methoxy groups -OCH3 is 1. The second kappa shape index (κ2) is 6.74. The summed E-state index contributed by atoms with van der Waals surface area (Å²) in [6, 6.07) is -1.10. The quantitative estimate of drug-likeness (QED) is 0.746. The molecule has 0 aromatic carbocycles. The number of nitrogens with one attached hydrogen (secondary N) is 1. The van der Waals surface area contributed by atoms with Crippen LogP contribution >= 0.6 is 0 Å². The Morgan fingerprint density at radius 1 is 1.55 bits per heavy atom. The molecular formula is C14H22N2O4. The van der Waals surface area contributed by atoms with Gasteiger partial charge in [0.25, 0.3) is 0 Å². The summed E-state index contributed by atoms with van der Waals surface area (Å²) in [5.41, 5.74) is 1.39.